The third kappa shape index (κ3) is 4.97. The highest BCUT2D eigenvalue weighted by molar-refractivity contribution is 5.80. The third-order valence-corrected chi connectivity index (χ3v) is 5.28. The standard InChI is InChI=1S/C23H27FN6/c1-25-23(27-20-12-15-29(17-20)21-5-3-2-4-6-21)26-14-11-19-13-16-30(28-19)22-9-7-18(24)8-10-22/h2-10,13,16,20H,11-12,14-15,17H2,1H3,(H2,25,26,27). The second-order valence-electron chi connectivity index (χ2n) is 7.39. The molecule has 1 aromatic heterocycles. The largest absolute Gasteiger partial charge is 0.369 e. The summed E-state index contributed by atoms with van der Waals surface area (Å²) in [6.45, 7) is 2.74. The molecule has 0 spiro atoms. The molecule has 0 saturated carbocycles. The van der Waals surface area contributed by atoms with Gasteiger partial charge in [-0.15, -0.1) is 0 Å². The van der Waals surface area contributed by atoms with Gasteiger partial charge in [-0.3, -0.25) is 4.99 Å². The minimum atomic E-state index is -0.247. The van der Waals surface area contributed by atoms with E-state index < -0.39 is 0 Å². The van der Waals surface area contributed by atoms with Gasteiger partial charge in [-0.05, 0) is 48.9 Å². The summed E-state index contributed by atoms with van der Waals surface area (Å²) in [5.41, 5.74) is 3.08. The highest BCUT2D eigenvalue weighted by Gasteiger charge is 2.23. The van der Waals surface area contributed by atoms with Crippen LogP contribution in [0.5, 0.6) is 0 Å². The molecule has 0 bridgehead atoms. The predicted octanol–water partition coefficient (Wildman–Crippen LogP) is 3.00. The molecule has 0 radical (unpaired) electrons. The number of benzene rings is 2. The number of aliphatic imine (C=N–C) groups is 1. The molecular formula is C23H27FN6. The fraction of sp³-hybridized carbons (Fsp3) is 0.304. The molecule has 1 aliphatic heterocycles. The van der Waals surface area contributed by atoms with Gasteiger partial charge in [-0.2, -0.15) is 5.10 Å². The van der Waals surface area contributed by atoms with Crippen LogP contribution in [0.4, 0.5) is 10.1 Å². The molecule has 156 valence electrons. The van der Waals surface area contributed by atoms with Crippen molar-refractivity contribution in [2.24, 2.45) is 4.99 Å². The Balaban J connectivity index is 1.24. The number of aromatic nitrogens is 2. The Morgan fingerprint density at radius 3 is 2.67 bits per heavy atom. The zero-order valence-electron chi connectivity index (χ0n) is 17.1. The van der Waals surface area contributed by atoms with Crippen molar-refractivity contribution in [3.05, 3.63) is 78.4 Å². The third-order valence-electron chi connectivity index (χ3n) is 5.28. The van der Waals surface area contributed by atoms with E-state index in [9.17, 15) is 4.39 Å². The van der Waals surface area contributed by atoms with Gasteiger partial charge in [0.05, 0.1) is 11.4 Å². The van der Waals surface area contributed by atoms with Crippen molar-refractivity contribution in [2.45, 2.75) is 18.9 Å². The van der Waals surface area contributed by atoms with E-state index in [-0.39, 0.29) is 5.82 Å². The Kier molecular flexibility index (Phi) is 6.27. The van der Waals surface area contributed by atoms with Crippen LogP contribution in [0.3, 0.4) is 0 Å². The first-order valence-corrected chi connectivity index (χ1v) is 10.3. The fourth-order valence-corrected chi connectivity index (χ4v) is 3.68. The maximum atomic E-state index is 13.1. The lowest BCUT2D eigenvalue weighted by atomic mass is 10.2. The Morgan fingerprint density at radius 2 is 1.90 bits per heavy atom. The molecule has 1 aliphatic rings. The van der Waals surface area contributed by atoms with Crippen molar-refractivity contribution in [3.63, 3.8) is 0 Å². The van der Waals surface area contributed by atoms with Crippen molar-refractivity contribution in [1.29, 1.82) is 0 Å². The van der Waals surface area contributed by atoms with Crippen LogP contribution in [-0.4, -0.2) is 48.5 Å². The molecule has 2 N–H and O–H groups in total. The first kappa shape index (κ1) is 19.9. The lowest BCUT2D eigenvalue weighted by Gasteiger charge is -2.20. The van der Waals surface area contributed by atoms with Gasteiger partial charge in [0, 0.05) is 51.0 Å². The Bertz CT molecular complexity index is 967. The zero-order valence-corrected chi connectivity index (χ0v) is 17.1. The SMILES string of the molecule is CN=C(NCCc1ccn(-c2ccc(F)cc2)n1)NC1CCN(c2ccccc2)C1. The van der Waals surface area contributed by atoms with Gasteiger partial charge in [0.25, 0.3) is 0 Å². The summed E-state index contributed by atoms with van der Waals surface area (Å²) in [4.78, 5) is 6.75. The number of nitrogens with zero attached hydrogens (tertiary/aromatic N) is 4. The van der Waals surface area contributed by atoms with Crippen LogP contribution in [0.25, 0.3) is 5.69 Å². The van der Waals surface area contributed by atoms with Gasteiger partial charge < -0.3 is 15.5 Å². The van der Waals surface area contributed by atoms with Crippen molar-refractivity contribution in [2.75, 3.05) is 31.6 Å². The number of nitrogens with one attached hydrogen (secondary N) is 2. The molecule has 0 aliphatic carbocycles. The van der Waals surface area contributed by atoms with Gasteiger partial charge >= 0.3 is 0 Å². The van der Waals surface area contributed by atoms with E-state index in [2.05, 4.69) is 49.9 Å². The van der Waals surface area contributed by atoms with E-state index in [1.165, 1.54) is 17.8 Å². The maximum Gasteiger partial charge on any atom is 0.191 e. The molecule has 30 heavy (non-hydrogen) atoms. The summed E-state index contributed by atoms with van der Waals surface area (Å²) in [7, 11) is 1.79. The molecule has 2 heterocycles. The van der Waals surface area contributed by atoms with Gasteiger partial charge in [-0.25, -0.2) is 9.07 Å². The highest BCUT2D eigenvalue weighted by atomic mass is 19.1. The minimum Gasteiger partial charge on any atom is -0.369 e. The Morgan fingerprint density at radius 1 is 1.10 bits per heavy atom. The van der Waals surface area contributed by atoms with E-state index in [1.54, 1.807) is 23.9 Å². The maximum absolute atomic E-state index is 13.1. The van der Waals surface area contributed by atoms with Crippen LogP contribution in [0.1, 0.15) is 12.1 Å². The molecule has 2 aromatic carbocycles. The first-order chi connectivity index (χ1) is 14.7. The molecule has 0 amide bonds. The molecule has 1 saturated heterocycles. The summed E-state index contributed by atoms with van der Waals surface area (Å²) in [5, 5.41) is 11.5. The second-order valence-corrected chi connectivity index (χ2v) is 7.39. The van der Waals surface area contributed by atoms with E-state index in [0.29, 0.717) is 6.04 Å². The van der Waals surface area contributed by atoms with Crippen LogP contribution in [0.15, 0.2) is 71.9 Å². The van der Waals surface area contributed by atoms with Crippen molar-refractivity contribution < 1.29 is 4.39 Å². The van der Waals surface area contributed by atoms with E-state index in [0.717, 1.165) is 49.8 Å². The monoisotopic (exact) mass is 406 g/mol. The molecule has 7 heteroatoms. The van der Waals surface area contributed by atoms with Crippen molar-refractivity contribution in [1.82, 2.24) is 20.4 Å². The minimum absolute atomic E-state index is 0.247. The number of halogens is 1. The van der Waals surface area contributed by atoms with Gasteiger partial charge in [0.2, 0.25) is 0 Å². The molecular weight excluding hydrogens is 379 g/mol. The van der Waals surface area contributed by atoms with Crippen LogP contribution in [-0.2, 0) is 6.42 Å². The molecule has 3 aromatic rings. The number of para-hydroxylation sites is 1. The normalized spacial score (nSPS) is 16.7. The number of hydrogen-bond donors (Lipinski definition) is 2. The smallest absolute Gasteiger partial charge is 0.191 e. The predicted molar refractivity (Wildman–Crippen MR) is 119 cm³/mol. The lowest BCUT2D eigenvalue weighted by Crippen LogP contribution is -2.45. The average Bonchev–Trinajstić information content (AvgIpc) is 3.44. The zero-order chi connectivity index (χ0) is 20.8. The van der Waals surface area contributed by atoms with Crippen molar-refractivity contribution >= 4 is 11.6 Å². The van der Waals surface area contributed by atoms with Crippen LogP contribution in [0, 0.1) is 5.82 Å². The number of anilines is 1. The first-order valence-electron chi connectivity index (χ1n) is 10.3. The van der Waals surface area contributed by atoms with E-state index in [4.69, 9.17) is 0 Å². The van der Waals surface area contributed by atoms with Crippen LogP contribution in [0.2, 0.25) is 0 Å². The van der Waals surface area contributed by atoms with Gasteiger partial charge in [0.15, 0.2) is 5.96 Å². The lowest BCUT2D eigenvalue weighted by molar-refractivity contribution is 0.627. The number of guanidine groups is 1. The average molecular weight is 407 g/mol. The summed E-state index contributed by atoms with van der Waals surface area (Å²) >= 11 is 0. The fourth-order valence-electron chi connectivity index (χ4n) is 3.68. The second kappa shape index (κ2) is 9.43. The topological polar surface area (TPSA) is 57.5 Å². The molecule has 1 unspecified atom stereocenters. The van der Waals surface area contributed by atoms with Crippen LogP contribution < -0.4 is 15.5 Å². The highest BCUT2D eigenvalue weighted by Crippen LogP contribution is 2.19. The summed E-state index contributed by atoms with van der Waals surface area (Å²) < 4.78 is 14.8. The molecule has 6 nitrogen and oxygen atoms in total. The van der Waals surface area contributed by atoms with E-state index >= 15 is 0 Å². The summed E-state index contributed by atoms with van der Waals surface area (Å²) in [6, 6.07) is 19.2. The van der Waals surface area contributed by atoms with Crippen molar-refractivity contribution in [3.8, 4) is 5.69 Å². The number of rotatable bonds is 6. The summed E-state index contributed by atoms with van der Waals surface area (Å²) in [5.74, 6) is 0.566. The number of hydrogen-bond acceptors (Lipinski definition) is 3. The Hall–Kier alpha value is -3.35. The van der Waals surface area contributed by atoms with E-state index in [1.807, 2.05) is 18.3 Å². The summed E-state index contributed by atoms with van der Waals surface area (Å²) in [6.07, 6.45) is 3.75. The molecule has 1 fully saturated rings. The quantitative estimate of drug-likeness (QED) is 0.488. The van der Waals surface area contributed by atoms with Gasteiger partial charge in [0.1, 0.15) is 5.82 Å². The molecule has 4 rings (SSSR count). The molecule has 1 atom stereocenters. The Labute approximate surface area is 176 Å². The van der Waals surface area contributed by atoms with Crippen LogP contribution >= 0.6 is 0 Å². The van der Waals surface area contributed by atoms with Gasteiger partial charge in [-0.1, -0.05) is 18.2 Å².